The van der Waals surface area contributed by atoms with Gasteiger partial charge in [0.1, 0.15) is 18.1 Å². The second-order valence-corrected chi connectivity index (χ2v) is 13.1. The molecule has 5 atom stereocenters. The molecule has 5 unspecified atom stereocenters. The number of H-pyrrole nitrogens is 3. The van der Waals surface area contributed by atoms with Crippen LogP contribution < -0.4 is 21.7 Å². The number of aliphatic carboxylic acids is 1. The van der Waals surface area contributed by atoms with Crippen LogP contribution in [0.25, 0.3) is 32.7 Å². The fourth-order valence-corrected chi connectivity index (χ4v) is 6.58. The lowest BCUT2D eigenvalue weighted by molar-refractivity contribution is -0.142. The summed E-state index contributed by atoms with van der Waals surface area (Å²) in [5.41, 5.74) is 11.4. The molecule has 3 aromatic carbocycles. The molecule has 3 aromatic heterocycles. The molecule has 6 aromatic rings. The van der Waals surface area contributed by atoms with Gasteiger partial charge in [-0.15, -0.1) is 0 Å². The molecule has 264 valence electrons. The smallest absolute Gasteiger partial charge is 0.326 e. The molecule has 0 bridgehead atoms. The molecular weight excluding hydrogens is 646 g/mol. The number of hydrogen-bond donors (Lipinski definition) is 8. The van der Waals surface area contributed by atoms with E-state index < -0.39 is 47.9 Å². The SMILES string of the molecule is CCC(C)C(NC(=O)C(N)Cc1c[nH]c2ccccc12)C(=O)NC(Cc1c[nH]c2ccccc12)C(=O)NC(Cc1c[nH]c2ccccc12)C(=O)O. The molecular formula is C39H43N7O5. The Morgan fingerprint density at radius 3 is 1.53 bits per heavy atom. The molecule has 0 radical (unpaired) electrons. The van der Waals surface area contributed by atoms with E-state index in [4.69, 9.17) is 5.73 Å². The summed E-state index contributed by atoms with van der Waals surface area (Å²) in [6.07, 6.45) is 6.24. The van der Waals surface area contributed by atoms with Crippen LogP contribution in [0.4, 0.5) is 0 Å². The van der Waals surface area contributed by atoms with Crippen LogP contribution >= 0.6 is 0 Å². The van der Waals surface area contributed by atoms with E-state index in [1.165, 1.54) is 0 Å². The number of amides is 3. The standard InChI is InChI=1S/C39H43N7O5/c1-3-22(2)35(46-36(47)29(40)16-23-19-41-30-13-7-4-10-26(23)30)38(49)44-33(17-24-20-42-31-14-8-5-11-27(24)31)37(48)45-34(39(50)51)18-25-21-43-32-15-9-6-12-28(25)32/h4-15,19-22,29,33-35,41-43H,3,16-18,40H2,1-2H3,(H,44,49)(H,45,48)(H,46,47)(H,50,51). The Morgan fingerprint density at radius 2 is 1.06 bits per heavy atom. The van der Waals surface area contributed by atoms with Crippen LogP contribution in [0.2, 0.25) is 0 Å². The maximum absolute atomic E-state index is 14.0. The molecule has 51 heavy (non-hydrogen) atoms. The summed E-state index contributed by atoms with van der Waals surface area (Å²) in [5.74, 6) is -3.24. The first-order valence-corrected chi connectivity index (χ1v) is 17.2. The average molecular weight is 690 g/mol. The minimum Gasteiger partial charge on any atom is -0.480 e. The summed E-state index contributed by atoms with van der Waals surface area (Å²) >= 11 is 0. The Labute approximate surface area is 294 Å². The predicted octanol–water partition coefficient (Wildman–Crippen LogP) is 4.07. The third-order valence-corrected chi connectivity index (χ3v) is 9.69. The van der Waals surface area contributed by atoms with Crippen LogP contribution in [0.5, 0.6) is 0 Å². The largest absolute Gasteiger partial charge is 0.480 e. The monoisotopic (exact) mass is 689 g/mol. The first-order chi connectivity index (χ1) is 24.6. The highest BCUT2D eigenvalue weighted by Crippen LogP contribution is 2.22. The van der Waals surface area contributed by atoms with E-state index in [0.717, 1.165) is 49.4 Å². The highest BCUT2D eigenvalue weighted by molar-refractivity contribution is 5.95. The van der Waals surface area contributed by atoms with E-state index >= 15 is 0 Å². The molecule has 0 aliphatic heterocycles. The lowest BCUT2D eigenvalue weighted by Crippen LogP contribution is -2.59. The van der Waals surface area contributed by atoms with E-state index in [1.54, 1.807) is 12.4 Å². The Balaban J connectivity index is 1.22. The van der Waals surface area contributed by atoms with Gasteiger partial charge in [-0.25, -0.2) is 4.79 Å². The summed E-state index contributed by atoms with van der Waals surface area (Å²) in [4.78, 5) is 63.5. The number of nitrogens with one attached hydrogen (secondary N) is 6. The molecule has 12 heteroatoms. The van der Waals surface area contributed by atoms with Gasteiger partial charge in [-0.05, 0) is 47.2 Å². The van der Waals surface area contributed by atoms with Gasteiger partial charge in [-0.1, -0.05) is 74.9 Å². The van der Waals surface area contributed by atoms with Crippen molar-refractivity contribution in [3.05, 3.63) is 108 Å². The van der Waals surface area contributed by atoms with E-state index in [-0.39, 0.29) is 25.2 Å². The summed E-state index contributed by atoms with van der Waals surface area (Å²) in [7, 11) is 0. The molecule has 0 saturated heterocycles. The fraction of sp³-hybridized carbons (Fsp3) is 0.282. The van der Waals surface area contributed by atoms with Crippen LogP contribution in [0, 0.1) is 5.92 Å². The quantitative estimate of drug-likeness (QED) is 0.0800. The van der Waals surface area contributed by atoms with Gasteiger partial charge >= 0.3 is 5.97 Å². The van der Waals surface area contributed by atoms with E-state index in [1.807, 2.05) is 92.8 Å². The zero-order valence-electron chi connectivity index (χ0n) is 28.5. The first kappa shape index (κ1) is 35.0. The molecule has 3 amide bonds. The van der Waals surface area contributed by atoms with Gasteiger partial charge in [0.15, 0.2) is 0 Å². The second-order valence-electron chi connectivity index (χ2n) is 13.1. The average Bonchev–Trinajstić information content (AvgIpc) is 3.86. The minimum absolute atomic E-state index is 0.0265. The van der Waals surface area contributed by atoms with Crippen molar-refractivity contribution in [1.29, 1.82) is 0 Å². The summed E-state index contributed by atoms with van der Waals surface area (Å²) in [5, 5.41) is 21.2. The molecule has 0 fully saturated rings. The molecule has 12 nitrogen and oxygen atoms in total. The Hall–Kier alpha value is -5.88. The number of carbonyl (C=O) groups is 4. The van der Waals surface area contributed by atoms with Crippen LogP contribution in [-0.2, 0) is 38.4 Å². The van der Waals surface area contributed by atoms with Gasteiger partial charge in [-0.3, -0.25) is 14.4 Å². The lowest BCUT2D eigenvalue weighted by atomic mass is 9.96. The molecule has 0 saturated carbocycles. The number of carboxylic acid groups (broad SMARTS) is 1. The number of hydrogen-bond acceptors (Lipinski definition) is 5. The number of para-hydroxylation sites is 3. The number of aromatic amines is 3. The number of aromatic nitrogens is 3. The summed E-state index contributed by atoms with van der Waals surface area (Å²) < 4.78 is 0. The molecule has 0 aliphatic carbocycles. The van der Waals surface area contributed by atoms with E-state index in [2.05, 4.69) is 30.9 Å². The maximum Gasteiger partial charge on any atom is 0.326 e. The van der Waals surface area contributed by atoms with Crippen molar-refractivity contribution in [3.8, 4) is 0 Å². The van der Waals surface area contributed by atoms with Crippen molar-refractivity contribution in [3.63, 3.8) is 0 Å². The number of carbonyl (C=O) groups excluding carboxylic acids is 3. The van der Waals surface area contributed by atoms with Crippen molar-refractivity contribution in [1.82, 2.24) is 30.9 Å². The molecule has 3 heterocycles. The highest BCUT2D eigenvalue weighted by Gasteiger charge is 2.33. The van der Waals surface area contributed by atoms with Gasteiger partial charge in [0.05, 0.1) is 6.04 Å². The van der Waals surface area contributed by atoms with Crippen molar-refractivity contribution < 1.29 is 24.3 Å². The summed E-state index contributed by atoms with van der Waals surface area (Å²) in [6.45, 7) is 3.74. The zero-order valence-corrected chi connectivity index (χ0v) is 28.5. The van der Waals surface area contributed by atoms with Crippen molar-refractivity contribution in [2.24, 2.45) is 11.7 Å². The van der Waals surface area contributed by atoms with Crippen LogP contribution in [0.15, 0.2) is 91.4 Å². The number of carboxylic acids is 1. The summed E-state index contributed by atoms with van der Waals surface area (Å²) in [6, 6.07) is 18.5. The second kappa shape index (κ2) is 15.3. The van der Waals surface area contributed by atoms with Gasteiger partial charge in [0, 0.05) is 64.1 Å². The van der Waals surface area contributed by atoms with Gasteiger partial charge in [0.2, 0.25) is 17.7 Å². The number of rotatable bonds is 15. The van der Waals surface area contributed by atoms with Gasteiger partial charge in [-0.2, -0.15) is 0 Å². The maximum atomic E-state index is 14.0. The number of nitrogens with two attached hydrogens (primary N) is 1. The van der Waals surface area contributed by atoms with Crippen molar-refractivity contribution >= 4 is 56.4 Å². The first-order valence-electron chi connectivity index (χ1n) is 17.2. The fourth-order valence-electron chi connectivity index (χ4n) is 6.58. The lowest BCUT2D eigenvalue weighted by Gasteiger charge is -2.28. The molecule has 0 aliphatic rings. The van der Waals surface area contributed by atoms with Crippen molar-refractivity contribution in [2.75, 3.05) is 0 Å². The van der Waals surface area contributed by atoms with E-state index in [9.17, 15) is 24.3 Å². The van der Waals surface area contributed by atoms with E-state index in [0.29, 0.717) is 6.42 Å². The number of fused-ring (bicyclic) bond motifs is 3. The third kappa shape index (κ3) is 7.81. The third-order valence-electron chi connectivity index (χ3n) is 9.69. The Bertz CT molecular complexity index is 2180. The zero-order chi connectivity index (χ0) is 36.1. The van der Waals surface area contributed by atoms with Crippen LogP contribution in [0.1, 0.15) is 37.0 Å². The normalized spacial score (nSPS) is 14.5. The topological polar surface area (TPSA) is 198 Å². The molecule has 9 N–H and O–H groups in total. The van der Waals surface area contributed by atoms with Crippen molar-refractivity contribution in [2.45, 2.75) is 63.7 Å². The Kier molecular flexibility index (Phi) is 10.5. The molecule has 0 spiro atoms. The number of benzene rings is 3. The minimum atomic E-state index is -1.27. The van der Waals surface area contributed by atoms with Crippen LogP contribution in [-0.4, -0.2) is 67.9 Å². The predicted molar refractivity (Wildman–Crippen MR) is 197 cm³/mol. The highest BCUT2D eigenvalue weighted by atomic mass is 16.4. The van der Waals surface area contributed by atoms with Gasteiger partial charge < -0.3 is 41.7 Å². The molecule has 6 rings (SSSR count). The van der Waals surface area contributed by atoms with Gasteiger partial charge in [0.25, 0.3) is 0 Å². The Morgan fingerprint density at radius 1 is 0.627 bits per heavy atom. The van der Waals surface area contributed by atoms with Crippen LogP contribution in [0.3, 0.4) is 0 Å².